The fourth-order valence-electron chi connectivity index (χ4n) is 2.70. The van der Waals surface area contributed by atoms with E-state index in [9.17, 15) is 4.79 Å². The minimum Gasteiger partial charge on any atom is -0.465 e. The SMILES string of the molecule is CCOC(=O)C(COC1CCC1)(NC(C)C)C1CC1. The average molecular weight is 269 g/mol. The number of rotatable bonds is 8. The van der Waals surface area contributed by atoms with Crippen molar-refractivity contribution in [2.24, 2.45) is 5.92 Å². The number of ether oxygens (including phenoxy) is 2. The minimum absolute atomic E-state index is 0.134. The maximum Gasteiger partial charge on any atom is 0.329 e. The highest BCUT2D eigenvalue weighted by molar-refractivity contribution is 5.82. The van der Waals surface area contributed by atoms with Crippen LogP contribution in [0.15, 0.2) is 0 Å². The number of carbonyl (C=O) groups excluding carboxylic acids is 1. The van der Waals surface area contributed by atoms with Gasteiger partial charge in [0, 0.05) is 6.04 Å². The van der Waals surface area contributed by atoms with E-state index in [2.05, 4.69) is 19.2 Å². The van der Waals surface area contributed by atoms with Crippen molar-refractivity contribution in [3.05, 3.63) is 0 Å². The molecule has 1 atom stereocenters. The van der Waals surface area contributed by atoms with E-state index in [1.165, 1.54) is 6.42 Å². The zero-order chi connectivity index (χ0) is 13.9. The van der Waals surface area contributed by atoms with E-state index in [0.717, 1.165) is 25.7 Å². The van der Waals surface area contributed by atoms with Gasteiger partial charge in [-0.2, -0.15) is 0 Å². The highest BCUT2D eigenvalue weighted by Gasteiger charge is 2.53. The van der Waals surface area contributed by atoms with E-state index in [1.54, 1.807) is 0 Å². The van der Waals surface area contributed by atoms with Gasteiger partial charge in [0.1, 0.15) is 5.54 Å². The van der Waals surface area contributed by atoms with Crippen molar-refractivity contribution in [2.45, 2.75) is 70.6 Å². The van der Waals surface area contributed by atoms with Crippen LogP contribution in [-0.2, 0) is 14.3 Å². The van der Waals surface area contributed by atoms with Crippen LogP contribution in [0, 0.1) is 5.92 Å². The molecule has 0 spiro atoms. The summed E-state index contributed by atoms with van der Waals surface area (Å²) in [5, 5.41) is 3.44. The van der Waals surface area contributed by atoms with Crippen LogP contribution in [0.25, 0.3) is 0 Å². The predicted octanol–water partition coefficient (Wildman–Crippen LogP) is 2.27. The van der Waals surface area contributed by atoms with Crippen LogP contribution >= 0.6 is 0 Å². The Morgan fingerprint density at radius 2 is 2.00 bits per heavy atom. The monoisotopic (exact) mass is 269 g/mol. The van der Waals surface area contributed by atoms with Gasteiger partial charge >= 0.3 is 5.97 Å². The lowest BCUT2D eigenvalue weighted by Gasteiger charge is -2.37. The molecule has 0 radical (unpaired) electrons. The molecule has 0 bridgehead atoms. The van der Waals surface area contributed by atoms with Crippen LogP contribution in [-0.4, -0.2) is 36.9 Å². The molecule has 0 heterocycles. The molecule has 1 unspecified atom stereocenters. The first-order valence-corrected chi connectivity index (χ1v) is 7.65. The van der Waals surface area contributed by atoms with Gasteiger partial charge in [0.05, 0.1) is 19.3 Å². The first-order valence-electron chi connectivity index (χ1n) is 7.65. The largest absolute Gasteiger partial charge is 0.465 e. The molecule has 110 valence electrons. The maximum absolute atomic E-state index is 12.4. The Balaban J connectivity index is 2.05. The van der Waals surface area contributed by atoms with Gasteiger partial charge < -0.3 is 9.47 Å². The molecular formula is C15H27NO3. The van der Waals surface area contributed by atoms with E-state index in [4.69, 9.17) is 9.47 Å². The minimum atomic E-state index is -0.625. The van der Waals surface area contributed by atoms with Crippen molar-refractivity contribution in [1.29, 1.82) is 0 Å². The van der Waals surface area contributed by atoms with Gasteiger partial charge in [0.25, 0.3) is 0 Å². The average Bonchev–Trinajstić information content (AvgIpc) is 3.09. The van der Waals surface area contributed by atoms with Crippen molar-refractivity contribution in [2.75, 3.05) is 13.2 Å². The lowest BCUT2D eigenvalue weighted by molar-refractivity contribution is -0.158. The van der Waals surface area contributed by atoms with Crippen molar-refractivity contribution in [3.63, 3.8) is 0 Å². The molecule has 0 aromatic rings. The Morgan fingerprint density at radius 1 is 1.32 bits per heavy atom. The third-order valence-corrected chi connectivity index (χ3v) is 4.06. The summed E-state index contributed by atoms with van der Waals surface area (Å²) in [5.41, 5.74) is -0.625. The smallest absolute Gasteiger partial charge is 0.329 e. The third kappa shape index (κ3) is 3.48. The molecule has 4 heteroatoms. The van der Waals surface area contributed by atoms with Crippen LogP contribution in [0.3, 0.4) is 0 Å². The van der Waals surface area contributed by atoms with Gasteiger partial charge in [-0.15, -0.1) is 0 Å². The molecule has 19 heavy (non-hydrogen) atoms. The van der Waals surface area contributed by atoms with Crippen LogP contribution in [0.4, 0.5) is 0 Å². The molecule has 2 rings (SSSR count). The van der Waals surface area contributed by atoms with Gasteiger partial charge in [0.2, 0.25) is 0 Å². The van der Waals surface area contributed by atoms with Gasteiger partial charge in [-0.1, -0.05) is 0 Å². The zero-order valence-corrected chi connectivity index (χ0v) is 12.4. The molecular weight excluding hydrogens is 242 g/mol. The third-order valence-electron chi connectivity index (χ3n) is 4.06. The number of hydrogen-bond acceptors (Lipinski definition) is 4. The summed E-state index contributed by atoms with van der Waals surface area (Å²) >= 11 is 0. The lowest BCUT2D eigenvalue weighted by Crippen LogP contribution is -2.61. The Hall–Kier alpha value is -0.610. The molecule has 4 nitrogen and oxygen atoms in total. The second-order valence-corrected chi connectivity index (χ2v) is 6.13. The summed E-state index contributed by atoms with van der Waals surface area (Å²) in [6.45, 7) is 6.88. The second kappa shape index (κ2) is 6.23. The van der Waals surface area contributed by atoms with Crippen LogP contribution < -0.4 is 5.32 Å². The summed E-state index contributed by atoms with van der Waals surface area (Å²) in [5.74, 6) is 0.236. The normalized spacial score (nSPS) is 22.9. The zero-order valence-electron chi connectivity index (χ0n) is 12.4. The topological polar surface area (TPSA) is 47.6 Å². The maximum atomic E-state index is 12.4. The van der Waals surface area contributed by atoms with Gasteiger partial charge in [-0.05, 0) is 58.8 Å². The quantitative estimate of drug-likeness (QED) is 0.687. The molecule has 0 aromatic carbocycles. The van der Waals surface area contributed by atoms with Gasteiger partial charge in [-0.3, -0.25) is 5.32 Å². The van der Waals surface area contributed by atoms with E-state index in [-0.39, 0.29) is 12.0 Å². The van der Waals surface area contributed by atoms with Crippen LogP contribution in [0.2, 0.25) is 0 Å². The Morgan fingerprint density at radius 3 is 2.42 bits per heavy atom. The summed E-state index contributed by atoms with van der Waals surface area (Å²) < 4.78 is 11.3. The second-order valence-electron chi connectivity index (χ2n) is 6.13. The van der Waals surface area contributed by atoms with Gasteiger partial charge in [-0.25, -0.2) is 4.79 Å². The number of esters is 1. The molecule has 2 saturated carbocycles. The summed E-state index contributed by atoms with van der Waals surface area (Å²) in [7, 11) is 0. The highest BCUT2D eigenvalue weighted by Crippen LogP contribution is 2.41. The van der Waals surface area contributed by atoms with E-state index >= 15 is 0 Å². The van der Waals surface area contributed by atoms with Crippen LogP contribution in [0.5, 0.6) is 0 Å². The summed E-state index contributed by atoms with van der Waals surface area (Å²) in [6.07, 6.45) is 6.04. The molecule has 2 fully saturated rings. The summed E-state index contributed by atoms with van der Waals surface area (Å²) in [6, 6.07) is 0.245. The van der Waals surface area contributed by atoms with E-state index in [0.29, 0.717) is 25.2 Å². The fourth-order valence-corrected chi connectivity index (χ4v) is 2.70. The Bertz CT molecular complexity index is 311. The van der Waals surface area contributed by atoms with Crippen LogP contribution in [0.1, 0.15) is 52.9 Å². The predicted molar refractivity (Wildman–Crippen MR) is 74.0 cm³/mol. The standard InChI is InChI=1S/C15H27NO3/c1-4-18-14(17)15(12-8-9-12,16-11(2)3)10-19-13-6-5-7-13/h11-13,16H,4-10H2,1-3H3. The number of carbonyl (C=O) groups is 1. The highest BCUT2D eigenvalue weighted by atomic mass is 16.5. The number of nitrogens with one attached hydrogen (secondary N) is 1. The van der Waals surface area contributed by atoms with Crippen molar-refractivity contribution >= 4 is 5.97 Å². The molecule has 2 aliphatic rings. The van der Waals surface area contributed by atoms with E-state index in [1.807, 2.05) is 6.92 Å². The van der Waals surface area contributed by atoms with Gasteiger partial charge in [0.15, 0.2) is 0 Å². The molecule has 0 aliphatic heterocycles. The first kappa shape index (κ1) is 14.8. The Kier molecular flexibility index (Phi) is 4.85. The molecule has 0 amide bonds. The van der Waals surface area contributed by atoms with Crippen molar-refractivity contribution in [1.82, 2.24) is 5.32 Å². The fraction of sp³-hybridized carbons (Fsp3) is 0.933. The summed E-state index contributed by atoms with van der Waals surface area (Å²) in [4.78, 5) is 12.4. The molecule has 0 saturated heterocycles. The first-order chi connectivity index (χ1) is 9.08. The molecule has 0 aromatic heterocycles. The van der Waals surface area contributed by atoms with E-state index < -0.39 is 5.54 Å². The Labute approximate surface area is 116 Å². The van der Waals surface area contributed by atoms with Crippen molar-refractivity contribution in [3.8, 4) is 0 Å². The lowest BCUT2D eigenvalue weighted by atomic mass is 9.91. The molecule has 2 aliphatic carbocycles. The molecule has 1 N–H and O–H groups in total. The number of hydrogen-bond donors (Lipinski definition) is 1. The van der Waals surface area contributed by atoms with Crippen molar-refractivity contribution < 1.29 is 14.3 Å².